The molecule has 3 N–H and O–H groups in total. The zero-order chi connectivity index (χ0) is 64.9. The van der Waals surface area contributed by atoms with Crippen LogP contribution in [0.1, 0.15) is 463 Å². The highest BCUT2D eigenvalue weighted by Gasteiger charge is 2.18. The van der Waals surface area contributed by atoms with Gasteiger partial charge in [0, 0.05) is 12.8 Å². The van der Waals surface area contributed by atoms with Crippen LogP contribution < -0.4 is 5.32 Å². The van der Waals surface area contributed by atoms with Crippen LogP contribution in [0, 0.1) is 0 Å². The quantitative estimate of drug-likeness (QED) is 0.0320. The number of hydrogen-bond donors (Lipinski definition) is 3. The van der Waals surface area contributed by atoms with Crippen LogP contribution in [0.25, 0.3) is 0 Å². The van der Waals surface area contributed by atoms with Crippen molar-refractivity contribution in [3.8, 4) is 0 Å². The van der Waals surface area contributed by atoms with Crippen LogP contribution in [-0.4, -0.2) is 47.4 Å². The van der Waals surface area contributed by atoms with E-state index in [1.54, 1.807) is 6.08 Å². The number of carbonyl (C=O) groups is 2. The Morgan fingerprint density at radius 3 is 0.789 bits per heavy atom. The maximum Gasteiger partial charge on any atom is 0.305 e. The Morgan fingerprint density at radius 1 is 0.300 bits per heavy atom. The van der Waals surface area contributed by atoms with E-state index >= 15 is 0 Å². The molecule has 0 aromatic heterocycles. The van der Waals surface area contributed by atoms with Crippen LogP contribution in [0.4, 0.5) is 0 Å². The largest absolute Gasteiger partial charge is 0.466 e. The molecule has 0 saturated heterocycles. The summed E-state index contributed by atoms with van der Waals surface area (Å²) in [7, 11) is 0. The summed E-state index contributed by atoms with van der Waals surface area (Å²) in [5.41, 5.74) is 0. The van der Waals surface area contributed by atoms with Crippen molar-refractivity contribution < 1.29 is 24.5 Å². The molecular weight excluding hydrogens is 1100 g/mol. The fraction of sp³-hybridized carbons (Fsp3) is 0.905. The van der Waals surface area contributed by atoms with Gasteiger partial charge in [0.1, 0.15) is 0 Å². The molecule has 0 bridgehead atoms. The smallest absolute Gasteiger partial charge is 0.305 e. The van der Waals surface area contributed by atoms with Crippen LogP contribution in [0.15, 0.2) is 36.5 Å². The maximum atomic E-state index is 12.5. The minimum atomic E-state index is -0.842. The standard InChI is InChI=1S/C84H161NO5/c1-3-5-7-9-11-13-15-17-19-21-46-50-54-58-62-66-70-74-78-84(89)90-79-75-71-67-63-59-55-51-47-44-42-40-38-36-34-32-30-28-26-24-22-23-25-27-29-31-33-35-37-39-41-43-45-49-53-57-61-65-69-73-77-83(88)85-81(80-86)82(87)76-72-68-64-60-56-52-48-20-18-16-14-12-10-8-6-4-2/h19,21-23,72,76,81-82,86-87H,3-18,20,24-71,73-75,77-80H2,1-2H3,(H,85,88)/b21-19-,23-22-,76-72+. The van der Waals surface area contributed by atoms with Crippen molar-refractivity contribution in [2.45, 2.75) is 475 Å². The molecule has 2 unspecified atom stereocenters. The number of allylic oxidation sites excluding steroid dienone is 5. The van der Waals surface area contributed by atoms with E-state index in [2.05, 4.69) is 43.5 Å². The van der Waals surface area contributed by atoms with E-state index in [-0.39, 0.29) is 18.5 Å². The number of rotatable bonds is 78. The molecule has 532 valence electrons. The molecule has 2 atom stereocenters. The van der Waals surface area contributed by atoms with Gasteiger partial charge in [-0.25, -0.2) is 0 Å². The molecule has 0 spiro atoms. The van der Waals surface area contributed by atoms with Crippen molar-refractivity contribution >= 4 is 11.9 Å². The molecule has 0 aliphatic rings. The van der Waals surface area contributed by atoms with Crippen molar-refractivity contribution in [1.29, 1.82) is 0 Å². The van der Waals surface area contributed by atoms with E-state index in [1.165, 1.54) is 398 Å². The third-order valence-corrected chi connectivity index (χ3v) is 19.4. The zero-order valence-corrected chi connectivity index (χ0v) is 61.1. The summed E-state index contributed by atoms with van der Waals surface area (Å²) in [5.74, 6) is -0.0402. The normalized spacial score (nSPS) is 12.6. The highest BCUT2D eigenvalue weighted by atomic mass is 16.5. The van der Waals surface area contributed by atoms with Gasteiger partial charge in [-0.3, -0.25) is 9.59 Å². The first-order chi connectivity index (χ1) is 44.5. The molecule has 0 saturated carbocycles. The summed E-state index contributed by atoms with van der Waals surface area (Å²) in [6.07, 6.45) is 104. The molecule has 0 fully saturated rings. The number of nitrogens with one attached hydrogen (secondary N) is 1. The monoisotopic (exact) mass is 1260 g/mol. The van der Waals surface area contributed by atoms with E-state index in [0.717, 1.165) is 38.5 Å². The average molecular weight is 1270 g/mol. The Labute approximate surface area is 564 Å². The summed E-state index contributed by atoms with van der Waals surface area (Å²) in [4.78, 5) is 24.6. The predicted octanol–water partition coefficient (Wildman–Crippen LogP) is 27.4. The molecule has 1 amide bonds. The summed E-state index contributed by atoms with van der Waals surface area (Å²) in [6.45, 7) is 4.95. The molecular formula is C84H161NO5. The highest BCUT2D eigenvalue weighted by molar-refractivity contribution is 5.76. The predicted molar refractivity (Wildman–Crippen MR) is 398 cm³/mol. The lowest BCUT2D eigenvalue weighted by atomic mass is 10.0. The minimum absolute atomic E-state index is 0.0202. The van der Waals surface area contributed by atoms with Gasteiger partial charge < -0.3 is 20.3 Å². The fourth-order valence-electron chi connectivity index (χ4n) is 13.1. The second-order valence-electron chi connectivity index (χ2n) is 28.4. The lowest BCUT2D eigenvalue weighted by molar-refractivity contribution is -0.143. The van der Waals surface area contributed by atoms with Crippen molar-refractivity contribution in [1.82, 2.24) is 5.32 Å². The lowest BCUT2D eigenvalue weighted by Gasteiger charge is -2.20. The molecule has 90 heavy (non-hydrogen) atoms. The number of unbranched alkanes of at least 4 members (excludes halogenated alkanes) is 63. The van der Waals surface area contributed by atoms with Crippen molar-refractivity contribution in [3.63, 3.8) is 0 Å². The van der Waals surface area contributed by atoms with Gasteiger partial charge in [-0.05, 0) is 83.5 Å². The fourth-order valence-corrected chi connectivity index (χ4v) is 13.1. The van der Waals surface area contributed by atoms with Crippen LogP contribution in [0.5, 0.6) is 0 Å². The topological polar surface area (TPSA) is 95.9 Å². The number of amides is 1. The molecule has 0 aromatic carbocycles. The van der Waals surface area contributed by atoms with Gasteiger partial charge in [-0.2, -0.15) is 0 Å². The molecule has 0 heterocycles. The Hall–Kier alpha value is -1.92. The van der Waals surface area contributed by atoms with E-state index in [9.17, 15) is 19.8 Å². The highest BCUT2D eigenvalue weighted by Crippen LogP contribution is 2.20. The van der Waals surface area contributed by atoms with Crippen molar-refractivity contribution in [3.05, 3.63) is 36.5 Å². The summed E-state index contributed by atoms with van der Waals surface area (Å²) in [5, 5.41) is 23.2. The van der Waals surface area contributed by atoms with Crippen LogP contribution in [0.2, 0.25) is 0 Å². The van der Waals surface area contributed by atoms with Gasteiger partial charge in [0.15, 0.2) is 0 Å². The van der Waals surface area contributed by atoms with Gasteiger partial charge in [-0.15, -0.1) is 0 Å². The Bertz CT molecular complexity index is 1460. The third-order valence-electron chi connectivity index (χ3n) is 19.4. The Kier molecular flexibility index (Phi) is 77.8. The van der Waals surface area contributed by atoms with Gasteiger partial charge in [0.2, 0.25) is 5.91 Å². The minimum Gasteiger partial charge on any atom is -0.466 e. The average Bonchev–Trinajstić information content (AvgIpc) is 3.72. The number of aliphatic hydroxyl groups excluding tert-OH is 2. The van der Waals surface area contributed by atoms with Crippen molar-refractivity contribution in [2.75, 3.05) is 13.2 Å². The summed E-state index contributed by atoms with van der Waals surface area (Å²) >= 11 is 0. The van der Waals surface area contributed by atoms with E-state index in [0.29, 0.717) is 19.4 Å². The number of hydrogen-bond acceptors (Lipinski definition) is 5. The van der Waals surface area contributed by atoms with Gasteiger partial charge >= 0.3 is 5.97 Å². The summed E-state index contributed by atoms with van der Waals surface area (Å²) < 4.78 is 5.52. The Balaban J connectivity index is 3.32. The van der Waals surface area contributed by atoms with Gasteiger partial charge in [0.05, 0.1) is 25.4 Å². The number of esters is 1. The molecule has 0 aliphatic heterocycles. The van der Waals surface area contributed by atoms with Crippen molar-refractivity contribution in [2.24, 2.45) is 0 Å². The number of ether oxygens (including phenoxy) is 1. The number of aliphatic hydroxyl groups is 2. The second-order valence-corrected chi connectivity index (χ2v) is 28.4. The molecule has 0 aromatic rings. The SMILES string of the molecule is CCCCCCCCC/C=C\CCCCCCCCCC(=O)OCCCCCCCCCCCCCCCCCCCC/C=C\CCCCCCCCCCCCCCCCCCCC(=O)NC(CO)C(O)/C=C/CCCCCCCCCCCCCCCC. The van der Waals surface area contributed by atoms with E-state index in [1.807, 2.05) is 6.08 Å². The van der Waals surface area contributed by atoms with Crippen LogP contribution in [-0.2, 0) is 14.3 Å². The molecule has 6 nitrogen and oxygen atoms in total. The summed E-state index contributed by atoms with van der Waals surface area (Å²) in [6, 6.07) is -0.625. The third kappa shape index (κ3) is 75.1. The van der Waals surface area contributed by atoms with Gasteiger partial charge in [0.25, 0.3) is 0 Å². The van der Waals surface area contributed by atoms with Crippen LogP contribution in [0.3, 0.4) is 0 Å². The van der Waals surface area contributed by atoms with E-state index in [4.69, 9.17) is 4.74 Å². The lowest BCUT2D eigenvalue weighted by Crippen LogP contribution is -2.45. The second kappa shape index (κ2) is 79.5. The number of carbonyl (C=O) groups excluding carboxylic acids is 2. The first-order valence-electron chi connectivity index (χ1n) is 41.3. The zero-order valence-electron chi connectivity index (χ0n) is 61.1. The molecule has 0 aliphatic carbocycles. The first kappa shape index (κ1) is 88.1. The van der Waals surface area contributed by atoms with Crippen LogP contribution >= 0.6 is 0 Å². The van der Waals surface area contributed by atoms with Gasteiger partial charge in [-0.1, -0.05) is 403 Å². The maximum absolute atomic E-state index is 12.5. The van der Waals surface area contributed by atoms with E-state index < -0.39 is 12.1 Å². The molecule has 0 radical (unpaired) electrons. The molecule has 0 rings (SSSR count). The Morgan fingerprint density at radius 2 is 0.522 bits per heavy atom. The first-order valence-corrected chi connectivity index (χ1v) is 41.3. The molecule has 6 heteroatoms.